The number of fused-ring (bicyclic) bond motifs is 6. The minimum Gasteiger partial charge on any atom is -0.235 e. The molecule has 206 valence electrons. The number of benzene rings is 5. The molecule has 5 nitrogen and oxygen atoms in total. The van der Waals surface area contributed by atoms with E-state index in [4.69, 9.17) is 19.9 Å². The quantitative estimate of drug-likeness (QED) is 0.201. The van der Waals surface area contributed by atoms with Crippen molar-refractivity contribution in [1.29, 1.82) is 0 Å². The Labute approximate surface area is 260 Å². The van der Waals surface area contributed by atoms with Crippen LogP contribution < -0.4 is 0 Å². The summed E-state index contributed by atoms with van der Waals surface area (Å²) in [5.41, 5.74) is 5.97. The summed E-state index contributed by atoms with van der Waals surface area (Å²) in [4.78, 5) is 24.5. The van der Waals surface area contributed by atoms with E-state index in [1.807, 2.05) is 60.7 Å². The summed E-state index contributed by atoms with van der Waals surface area (Å²) in [7, 11) is 0. The minimum absolute atomic E-state index is 0.654. The molecule has 0 aliphatic heterocycles. The minimum atomic E-state index is 0.654. The van der Waals surface area contributed by atoms with Crippen LogP contribution in [0.15, 0.2) is 128 Å². The summed E-state index contributed by atoms with van der Waals surface area (Å²) in [5.74, 6) is 1.97. The predicted octanol–water partition coefficient (Wildman–Crippen LogP) is 10.1. The zero-order valence-corrected chi connectivity index (χ0v) is 24.8. The molecular weight excluding hydrogens is 579 g/mol. The zero-order chi connectivity index (χ0) is 29.0. The second-order valence-electron chi connectivity index (χ2n) is 10.5. The molecule has 5 aromatic carbocycles. The number of nitrogens with zero attached hydrogens (tertiary/aromatic N) is 5. The average molecular weight is 600 g/mol. The van der Waals surface area contributed by atoms with E-state index in [9.17, 15) is 0 Å². The SMILES string of the molecule is c1ccc(-c2nc(-c3ccccc3)nc(-c3cccc4c3sc3c(-c5ncnc6c5sc5ccccc56)cccc34)n2)cc1. The summed E-state index contributed by atoms with van der Waals surface area (Å²) < 4.78 is 4.65. The van der Waals surface area contributed by atoms with Crippen LogP contribution in [0.5, 0.6) is 0 Å². The predicted molar refractivity (Wildman–Crippen MR) is 183 cm³/mol. The highest BCUT2D eigenvalue weighted by molar-refractivity contribution is 7.27. The monoisotopic (exact) mass is 599 g/mol. The van der Waals surface area contributed by atoms with E-state index >= 15 is 0 Å². The fourth-order valence-electron chi connectivity index (χ4n) is 5.83. The number of hydrogen-bond acceptors (Lipinski definition) is 7. The normalized spacial score (nSPS) is 11.6. The van der Waals surface area contributed by atoms with Crippen molar-refractivity contribution in [2.45, 2.75) is 0 Å². The molecule has 0 spiro atoms. The van der Waals surface area contributed by atoms with Gasteiger partial charge in [-0.2, -0.15) is 0 Å². The summed E-state index contributed by atoms with van der Waals surface area (Å²) in [6.07, 6.45) is 1.69. The molecular formula is C37H21N5S2. The number of thiophene rings is 2. The average Bonchev–Trinajstić information content (AvgIpc) is 3.68. The molecule has 44 heavy (non-hydrogen) atoms. The Kier molecular flexibility index (Phi) is 5.79. The van der Waals surface area contributed by atoms with E-state index in [2.05, 4.69) is 65.6 Å². The highest BCUT2D eigenvalue weighted by Crippen LogP contribution is 2.45. The van der Waals surface area contributed by atoms with E-state index in [1.165, 1.54) is 25.6 Å². The van der Waals surface area contributed by atoms with Crippen molar-refractivity contribution in [3.63, 3.8) is 0 Å². The molecule has 4 aromatic heterocycles. The van der Waals surface area contributed by atoms with Gasteiger partial charge in [-0.15, -0.1) is 22.7 Å². The maximum atomic E-state index is 5.03. The lowest BCUT2D eigenvalue weighted by Crippen LogP contribution is -2.00. The summed E-state index contributed by atoms with van der Waals surface area (Å²) >= 11 is 3.52. The molecule has 9 aromatic rings. The molecule has 0 unspecified atom stereocenters. The molecule has 0 saturated heterocycles. The molecule has 0 aliphatic rings. The van der Waals surface area contributed by atoms with Gasteiger partial charge in [0.15, 0.2) is 17.5 Å². The smallest absolute Gasteiger partial charge is 0.165 e. The fraction of sp³-hybridized carbons (Fsp3) is 0. The maximum Gasteiger partial charge on any atom is 0.165 e. The first-order chi connectivity index (χ1) is 21.8. The molecule has 0 aliphatic carbocycles. The van der Waals surface area contributed by atoms with Gasteiger partial charge in [0.1, 0.15) is 6.33 Å². The Morgan fingerprint density at radius 1 is 0.409 bits per heavy atom. The standard InChI is InChI=1S/C37H21N5S2/c1-3-11-22(12-4-1)35-40-36(23-13-5-2-6-14-23)42-37(41-35)28-19-10-17-25-24-16-9-18-27(32(24)44-33(25)28)31-34-30(38-21-39-31)26-15-7-8-20-29(26)43-34/h1-21H. The molecule has 0 N–H and O–H groups in total. The first-order valence-corrected chi connectivity index (χ1v) is 15.9. The highest BCUT2D eigenvalue weighted by atomic mass is 32.1. The van der Waals surface area contributed by atoms with Crippen LogP contribution in [0.1, 0.15) is 0 Å². The number of rotatable bonds is 4. The van der Waals surface area contributed by atoms with Gasteiger partial charge in [-0.1, -0.05) is 109 Å². The molecule has 0 fully saturated rings. The van der Waals surface area contributed by atoms with E-state index in [0.29, 0.717) is 17.5 Å². The van der Waals surface area contributed by atoms with Gasteiger partial charge in [0.05, 0.1) is 15.9 Å². The van der Waals surface area contributed by atoms with Crippen LogP contribution in [0.4, 0.5) is 0 Å². The largest absolute Gasteiger partial charge is 0.235 e. The van der Waals surface area contributed by atoms with Crippen LogP contribution in [0, 0.1) is 0 Å². The third-order valence-electron chi connectivity index (χ3n) is 7.88. The Hall–Kier alpha value is -5.37. The molecule has 0 saturated carbocycles. The Morgan fingerprint density at radius 2 is 0.977 bits per heavy atom. The molecule has 4 heterocycles. The van der Waals surface area contributed by atoms with Crippen molar-refractivity contribution in [3.05, 3.63) is 128 Å². The van der Waals surface area contributed by atoms with E-state index < -0.39 is 0 Å². The van der Waals surface area contributed by atoms with Gasteiger partial charge in [0.2, 0.25) is 0 Å². The molecule has 7 heteroatoms. The van der Waals surface area contributed by atoms with Crippen molar-refractivity contribution in [2.24, 2.45) is 0 Å². The third kappa shape index (κ3) is 4.01. The zero-order valence-electron chi connectivity index (χ0n) is 23.2. The fourth-order valence-corrected chi connectivity index (χ4v) is 8.31. The van der Waals surface area contributed by atoms with Gasteiger partial charge in [0, 0.05) is 52.5 Å². The van der Waals surface area contributed by atoms with Crippen LogP contribution in [-0.2, 0) is 0 Å². The first kappa shape index (κ1) is 25.2. The van der Waals surface area contributed by atoms with Crippen LogP contribution in [0.25, 0.3) is 85.9 Å². The van der Waals surface area contributed by atoms with Gasteiger partial charge >= 0.3 is 0 Å². The van der Waals surface area contributed by atoms with Crippen LogP contribution in [0.3, 0.4) is 0 Å². The van der Waals surface area contributed by atoms with Gasteiger partial charge in [-0.3, -0.25) is 0 Å². The molecule has 9 rings (SSSR count). The van der Waals surface area contributed by atoms with E-state index in [0.717, 1.165) is 42.9 Å². The highest BCUT2D eigenvalue weighted by Gasteiger charge is 2.20. The second kappa shape index (κ2) is 10.1. The van der Waals surface area contributed by atoms with Gasteiger partial charge in [-0.25, -0.2) is 24.9 Å². The van der Waals surface area contributed by atoms with Gasteiger partial charge in [-0.05, 0) is 12.1 Å². The molecule has 0 bridgehead atoms. The lowest BCUT2D eigenvalue weighted by Gasteiger charge is -2.09. The Morgan fingerprint density at radius 3 is 1.68 bits per heavy atom. The topological polar surface area (TPSA) is 64.5 Å². The van der Waals surface area contributed by atoms with E-state index in [-0.39, 0.29) is 0 Å². The summed E-state index contributed by atoms with van der Waals surface area (Å²) in [6.45, 7) is 0. The number of aromatic nitrogens is 5. The van der Waals surface area contributed by atoms with Crippen molar-refractivity contribution in [2.75, 3.05) is 0 Å². The van der Waals surface area contributed by atoms with Gasteiger partial charge < -0.3 is 0 Å². The first-order valence-electron chi connectivity index (χ1n) is 14.3. The Bertz CT molecular complexity index is 2440. The van der Waals surface area contributed by atoms with Crippen LogP contribution in [-0.4, -0.2) is 24.9 Å². The van der Waals surface area contributed by atoms with E-state index in [1.54, 1.807) is 29.0 Å². The Balaban J connectivity index is 1.29. The number of hydrogen-bond donors (Lipinski definition) is 0. The van der Waals surface area contributed by atoms with Crippen LogP contribution >= 0.6 is 22.7 Å². The summed E-state index contributed by atoms with van der Waals surface area (Å²) in [5, 5.41) is 3.53. The summed E-state index contributed by atoms with van der Waals surface area (Å²) in [6, 6.07) is 41.5. The van der Waals surface area contributed by atoms with Crippen molar-refractivity contribution < 1.29 is 0 Å². The third-order valence-corrected chi connectivity index (χ3v) is 10.3. The van der Waals surface area contributed by atoms with Crippen molar-refractivity contribution >= 4 is 63.1 Å². The van der Waals surface area contributed by atoms with Gasteiger partial charge in [0.25, 0.3) is 0 Å². The van der Waals surface area contributed by atoms with Crippen molar-refractivity contribution in [1.82, 2.24) is 24.9 Å². The lowest BCUT2D eigenvalue weighted by molar-refractivity contribution is 1.08. The molecule has 0 amide bonds. The molecule has 0 atom stereocenters. The second-order valence-corrected chi connectivity index (χ2v) is 12.6. The van der Waals surface area contributed by atoms with Crippen LogP contribution in [0.2, 0.25) is 0 Å². The van der Waals surface area contributed by atoms with Crippen molar-refractivity contribution in [3.8, 4) is 45.4 Å². The lowest BCUT2D eigenvalue weighted by atomic mass is 10.0. The molecule has 0 radical (unpaired) electrons. The maximum absolute atomic E-state index is 5.03.